The highest BCUT2D eigenvalue weighted by Gasteiger charge is 2.33. The molecule has 0 N–H and O–H groups in total. The van der Waals surface area contributed by atoms with E-state index in [4.69, 9.17) is 37.8 Å². The molecule has 0 saturated carbocycles. The van der Waals surface area contributed by atoms with E-state index < -0.39 is 21.6 Å². The van der Waals surface area contributed by atoms with Gasteiger partial charge in [0.15, 0.2) is 17.4 Å². The lowest BCUT2D eigenvalue weighted by atomic mass is 9.95. The highest BCUT2D eigenvalue weighted by molar-refractivity contribution is 7.89. The van der Waals surface area contributed by atoms with Gasteiger partial charge in [-0.15, -0.1) is 5.10 Å². The highest BCUT2D eigenvalue weighted by Crippen LogP contribution is 2.39. The Hall–Kier alpha value is -3.74. The molecular formula is C33H29Cl2FN4O5S. The summed E-state index contributed by atoms with van der Waals surface area (Å²) in [5.41, 5.74) is 3.36. The van der Waals surface area contributed by atoms with E-state index in [9.17, 15) is 17.6 Å². The van der Waals surface area contributed by atoms with Gasteiger partial charge in [0.2, 0.25) is 15.8 Å². The third-order valence-corrected chi connectivity index (χ3v) is 10.9. The lowest BCUT2D eigenvalue weighted by Gasteiger charge is -2.26. The molecule has 9 nitrogen and oxygen atoms in total. The maximum absolute atomic E-state index is 14.7. The van der Waals surface area contributed by atoms with Gasteiger partial charge in [0.1, 0.15) is 17.9 Å². The number of halogens is 3. The average Bonchev–Trinajstić information content (AvgIpc) is 3.46. The normalized spacial score (nSPS) is 15.6. The number of carbonyl (C=O) groups is 1. The quantitative estimate of drug-likeness (QED) is 0.176. The van der Waals surface area contributed by atoms with Crippen molar-refractivity contribution in [3.63, 3.8) is 0 Å². The molecular weight excluding hydrogens is 654 g/mol. The molecule has 7 rings (SSSR count). The fourth-order valence-corrected chi connectivity index (χ4v) is 7.92. The van der Waals surface area contributed by atoms with Crippen LogP contribution in [0, 0.1) is 5.82 Å². The molecule has 5 aromatic rings. The van der Waals surface area contributed by atoms with Crippen LogP contribution in [0.15, 0.2) is 71.6 Å². The first-order valence-electron chi connectivity index (χ1n) is 14.9. The van der Waals surface area contributed by atoms with Crippen molar-refractivity contribution in [2.45, 2.75) is 37.3 Å². The molecule has 0 unspecified atom stereocenters. The van der Waals surface area contributed by atoms with Gasteiger partial charge < -0.3 is 14.0 Å². The van der Waals surface area contributed by atoms with Gasteiger partial charge in [-0.1, -0.05) is 47.5 Å². The summed E-state index contributed by atoms with van der Waals surface area (Å²) in [6, 6.07) is 17.6. The molecule has 0 bridgehead atoms. The van der Waals surface area contributed by atoms with E-state index in [1.54, 1.807) is 34.8 Å². The van der Waals surface area contributed by atoms with Gasteiger partial charge in [0, 0.05) is 41.3 Å². The van der Waals surface area contributed by atoms with E-state index in [0.717, 1.165) is 29.6 Å². The van der Waals surface area contributed by atoms with Crippen molar-refractivity contribution in [2.24, 2.45) is 0 Å². The predicted octanol–water partition coefficient (Wildman–Crippen LogP) is 6.42. The zero-order valence-electron chi connectivity index (χ0n) is 24.6. The van der Waals surface area contributed by atoms with Crippen LogP contribution in [0.4, 0.5) is 4.39 Å². The van der Waals surface area contributed by atoms with Crippen LogP contribution in [0.1, 0.15) is 40.3 Å². The summed E-state index contributed by atoms with van der Waals surface area (Å²) in [6.07, 6.45) is 2.40. The van der Waals surface area contributed by atoms with Crippen molar-refractivity contribution < 1.29 is 27.1 Å². The third-order valence-electron chi connectivity index (χ3n) is 8.39. The Labute approximate surface area is 275 Å². The Balaban J connectivity index is 1.39. The maximum atomic E-state index is 14.7. The second-order valence-electron chi connectivity index (χ2n) is 11.2. The molecule has 1 fully saturated rings. The van der Waals surface area contributed by atoms with Crippen molar-refractivity contribution in [1.29, 1.82) is 0 Å². The average molecular weight is 684 g/mol. The smallest absolute Gasteiger partial charge is 0.243 e. The van der Waals surface area contributed by atoms with Crippen molar-refractivity contribution >= 4 is 44.7 Å². The summed E-state index contributed by atoms with van der Waals surface area (Å²) >= 11 is 12.9. The summed E-state index contributed by atoms with van der Waals surface area (Å²) in [4.78, 5) is 14.7. The van der Waals surface area contributed by atoms with Crippen LogP contribution in [0.5, 0.6) is 5.75 Å². The fourth-order valence-electron chi connectivity index (χ4n) is 6.15. The number of nitrogens with zero attached hydrogens (tertiary/aromatic N) is 4. The molecule has 2 aliphatic rings. The van der Waals surface area contributed by atoms with Crippen molar-refractivity contribution in [3.05, 3.63) is 105 Å². The lowest BCUT2D eigenvalue weighted by Crippen LogP contribution is -2.40. The zero-order valence-corrected chi connectivity index (χ0v) is 26.9. The largest absolute Gasteiger partial charge is 0.483 e. The second kappa shape index (κ2) is 12.5. The summed E-state index contributed by atoms with van der Waals surface area (Å²) < 4.78 is 57.6. The molecule has 0 atom stereocenters. The Bertz CT molecular complexity index is 2070. The second-order valence-corrected chi connectivity index (χ2v) is 14.0. The van der Waals surface area contributed by atoms with Crippen LogP contribution >= 0.6 is 23.2 Å². The number of carbonyl (C=O) groups excluding carboxylic acids is 1. The standard InChI is InChI=1S/C33H29Cl2FN4O5S/c34-22-10-8-21(9-11-22)30-24-5-3-4-14-39-29(20-45-28-7-2-1-6-27(28)36)37-40(33(24)39)31(30)32(41)25-19-23(12-13-26(25)35)46(42,43)38-15-17-44-18-16-38/h1-2,6-13,19H,3-5,14-18,20H2. The summed E-state index contributed by atoms with van der Waals surface area (Å²) in [6.45, 7) is 1.61. The van der Waals surface area contributed by atoms with E-state index in [0.29, 0.717) is 42.6 Å². The Morgan fingerprint density at radius 1 is 0.978 bits per heavy atom. The fraction of sp³-hybridized carbons (Fsp3) is 0.273. The van der Waals surface area contributed by atoms with Gasteiger partial charge in [0.25, 0.3) is 0 Å². The van der Waals surface area contributed by atoms with Crippen LogP contribution in [-0.4, -0.2) is 59.0 Å². The van der Waals surface area contributed by atoms with Crippen molar-refractivity contribution in [2.75, 3.05) is 26.3 Å². The van der Waals surface area contributed by atoms with Crippen molar-refractivity contribution in [1.82, 2.24) is 18.5 Å². The molecule has 0 spiro atoms. The highest BCUT2D eigenvalue weighted by atomic mass is 35.5. The van der Waals surface area contributed by atoms with Crippen LogP contribution in [0.2, 0.25) is 10.0 Å². The molecule has 0 amide bonds. The van der Waals surface area contributed by atoms with Gasteiger partial charge in [-0.2, -0.15) is 4.31 Å². The number of morpholine rings is 1. The summed E-state index contributed by atoms with van der Waals surface area (Å²) in [7, 11) is -3.91. The number of sulfonamides is 1. The molecule has 3 aromatic carbocycles. The Morgan fingerprint density at radius 3 is 2.50 bits per heavy atom. The molecule has 13 heteroatoms. The van der Waals surface area contributed by atoms with Gasteiger partial charge in [-0.25, -0.2) is 17.3 Å². The first-order valence-corrected chi connectivity index (χ1v) is 17.1. The monoisotopic (exact) mass is 682 g/mol. The molecule has 4 heterocycles. The third kappa shape index (κ3) is 5.50. The predicted molar refractivity (Wildman–Crippen MR) is 172 cm³/mol. The van der Waals surface area contributed by atoms with Gasteiger partial charge >= 0.3 is 0 Å². The lowest BCUT2D eigenvalue weighted by molar-refractivity contribution is 0.0730. The minimum absolute atomic E-state index is 0.0278. The van der Waals surface area contributed by atoms with Gasteiger partial charge in [-0.05, 0) is 67.3 Å². The molecule has 2 aliphatic heterocycles. The van der Waals surface area contributed by atoms with E-state index in [1.165, 1.54) is 28.6 Å². The number of rotatable bonds is 8. The molecule has 46 heavy (non-hydrogen) atoms. The van der Waals surface area contributed by atoms with Crippen molar-refractivity contribution in [3.8, 4) is 16.9 Å². The zero-order chi connectivity index (χ0) is 32.0. The van der Waals surface area contributed by atoms with Gasteiger partial charge in [0.05, 0.1) is 23.1 Å². The van der Waals surface area contributed by atoms with E-state index in [1.807, 2.05) is 16.7 Å². The Kier molecular flexibility index (Phi) is 8.37. The first-order chi connectivity index (χ1) is 22.2. The minimum Gasteiger partial charge on any atom is -0.483 e. The van der Waals surface area contributed by atoms with Gasteiger partial charge in [-0.3, -0.25) is 4.79 Å². The topological polar surface area (TPSA) is 95.1 Å². The molecule has 0 radical (unpaired) electrons. The number of hydrogen-bond donors (Lipinski definition) is 0. The van der Waals surface area contributed by atoms with Crippen LogP contribution in [0.3, 0.4) is 0 Å². The SMILES string of the molecule is O=C(c1cc(S(=O)(=O)N2CCOCC2)ccc1Cl)c1c(-c2ccc(Cl)cc2)c2c3n(c(COc4ccccc4F)nn13)CCCC2. The number of benzene rings is 3. The number of para-hydroxylation sites is 1. The van der Waals surface area contributed by atoms with Crippen LogP contribution in [-0.2, 0) is 34.3 Å². The molecule has 1 saturated heterocycles. The minimum atomic E-state index is -3.91. The van der Waals surface area contributed by atoms with Crippen LogP contribution < -0.4 is 4.74 Å². The number of aryl methyl sites for hydroxylation is 2. The maximum Gasteiger partial charge on any atom is 0.243 e. The number of ether oxygens (including phenoxy) is 2. The first kappa shape index (κ1) is 30.9. The van der Waals surface area contributed by atoms with E-state index in [2.05, 4.69) is 0 Å². The molecule has 0 aliphatic carbocycles. The Morgan fingerprint density at radius 2 is 1.74 bits per heavy atom. The molecule has 238 valence electrons. The number of hydrogen-bond acceptors (Lipinski definition) is 6. The summed E-state index contributed by atoms with van der Waals surface area (Å²) in [5.74, 6) is -0.352. The number of ketones is 1. The summed E-state index contributed by atoms with van der Waals surface area (Å²) in [5, 5.41) is 5.51. The van der Waals surface area contributed by atoms with Crippen LogP contribution in [0.25, 0.3) is 16.8 Å². The van der Waals surface area contributed by atoms with E-state index in [-0.39, 0.29) is 46.6 Å². The molecule has 2 aromatic heterocycles. The van der Waals surface area contributed by atoms with E-state index >= 15 is 0 Å². The number of aromatic nitrogens is 3.